The quantitative estimate of drug-likeness (QED) is 0.192. The summed E-state index contributed by atoms with van der Waals surface area (Å²) < 4.78 is 39.2. The van der Waals surface area contributed by atoms with Crippen LogP contribution in [0.25, 0.3) is 0 Å². The zero-order valence-electron chi connectivity index (χ0n) is 26.7. The second-order valence-corrected chi connectivity index (χ2v) is 30.1. The SMILES string of the molecule is C[Si](C)(CCC1CCC2OC2C1)O[SiH2]O[Si](O[SiH2]O[Si](C)(C)CCC1CCC2OC2C1)(c1ccccc1)c1ccccc1. The van der Waals surface area contributed by atoms with Crippen molar-refractivity contribution in [2.24, 2.45) is 11.8 Å². The topological polar surface area (TPSA) is 62.0 Å². The van der Waals surface area contributed by atoms with Crippen molar-refractivity contribution >= 4 is 55.6 Å². The maximum Gasteiger partial charge on any atom is 0.388 e. The number of hydrogen-bond donors (Lipinski definition) is 0. The van der Waals surface area contributed by atoms with E-state index in [-0.39, 0.29) is 0 Å². The molecular formula is C32H52O6Si5. The lowest BCUT2D eigenvalue weighted by Gasteiger charge is -2.35. The number of benzene rings is 2. The van der Waals surface area contributed by atoms with Crippen LogP contribution in [0.15, 0.2) is 60.7 Å². The molecular weight excluding hydrogens is 621 g/mol. The first-order valence-electron chi connectivity index (χ1n) is 16.7. The highest BCUT2D eigenvalue weighted by Gasteiger charge is 2.46. The van der Waals surface area contributed by atoms with Gasteiger partial charge in [-0.05, 0) is 99.0 Å². The molecule has 2 aromatic rings. The van der Waals surface area contributed by atoms with Gasteiger partial charge in [-0.3, -0.25) is 0 Å². The fourth-order valence-electron chi connectivity index (χ4n) is 7.15. The highest BCUT2D eigenvalue weighted by atomic mass is 28.5. The Bertz CT molecular complexity index is 1080. The van der Waals surface area contributed by atoms with Crippen molar-refractivity contribution in [1.29, 1.82) is 0 Å². The molecule has 6 nitrogen and oxygen atoms in total. The summed E-state index contributed by atoms with van der Waals surface area (Å²) in [6, 6.07) is 23.6. The number of hydrogen-bond acceptors (Lipinski definition) is 6. The first kappa shape index (κ1) is 32.2. The number of ether oxygens (including phenoxy) is 2. The third-order valence-corrected chi connectivity index (χ3v) is 26.8. The lowest BCUT2D eigenvalue weighted by molar-refractivity contribution is 0.346. The third-order valence-electron chi connectivity index (χ3n) is 10.3. The van der Waals surface area contributed by atoms with Gasteiger partial charge in [0.25, 0.3) is 20.0 Å². The fourth-order valence-corrected chi connectivity index (χ4v) is 21.3. The maximum absolute atomic E-state index is 7.04. The highest BCUT2D eigenvalue weighted by molar-refractivity contribution is 6.97. The van der Waals surface area contributed by atoms with Gasteiger partial charge in [-0.15, -0.1) is 0 Å². The Hall–Kier alpha value is -0.716. The van der Waals surface area contributed by atoms with E-state index in [9.17, 15) is 0 Å². The van der Waals surface area contributed by atoms with Crippen molar-refractivity contribution < 1.29 is 25.9 Å². The molecule has 2 heterocycles. The van der Waals surface area contributed by atoms with Gasteiger partial charge >= 0.3 is 8.56 Å². The van der Waals surface area contributed by atoms with E-state index in [2.05, 4.69) is 86.9 Å². The van der Waals surface area contributed by atoms with Gasteiger partial charge in [-0.25, -0.2) is 0 Å². The molecule has 2 aliphatic carbocycles. The number of rotatable bonds is 16. The van der Waals surface area contributed by atoms with E-state index in [0.29, 0.717) is 24.4 Å². The van der Waals surface area contributed by atoms with Crippen LogP contribution in [0.2, 0.25) is 38.3 Å². The minimum absolute atomic E-state index is 0.550. The summed E-state index contributed by atoms with van der Waals surface area (Å²) in [6.45, 7) is 9.47. The Balaban J connectivity index is 1.09. The number of fused-ring (bicyclic) bond motifs is 2. The van der Waals surface area contributed by atoms with Crippen LogP contribution < -0.4 is 10.4 Å². The van der Waals surface area contributed by atoms with Crippen LogP contribution in [0.4, 0.5) is 0 Å². The summed E-state index contributed by atoms with van der Waals surface area (Å²) in [5.41, 5.74) is 0. The molecule has 2 saturated heterocycles. The van der Waals surface area contributed by atoms with E-state index >= 15 is 0 Å². The normalized spacial score (nSPS) is 29.2. The Morgan fingerprint density at radius 3 is 1.40 bits per heavy atom. The average Bonchev–Trinajstić information content (AvgIpc) is 3.94. The molecule has 0 bridgehead atoms. The molecule has 6 unspecified atom stereocenters. The van der Waals surface area contributed by atoms with E-state index < -0.39 is 45.2 Å². The average molecular weight is 673 g/mol. The first-order valence-corrected chi connectivity index (χ1v) is 27.0. The van der Waals surface area contributed by atoms with Crippen molar-refractivity contribution in [3.63, 3.8) is 0 Å². The maximum atomic E-state index is 7.04. The van der Waals surface area contributed by atoms with E-state index in [1.165, 1.54) is 63.5 Å². The van der Waals surface area contributed by atoms with Crippen LogP contribution in [0.5, 0.6) is 0 Å². The van der Waals surface area contributed by atoms with Crippen LogP contribution in [0.3, 0.4) is 0 Å². The van der Waals surface area contributed by atoms with Crippen molar-refractivity contribution in [1.82, 2.24) is 0 Å². The van der Waals surface area contributed by atoms with Crippen molar-refractivity contribution in [3.05, 3.63) is 60.7 Å². The van der Waals surface area contributed by atoms with Gasteiger partial charge in [0, 0.05) is 0 Å². The summed E-state index contributed by atoms with van der Waals surface area (Å²) in [4.78, 5) is 0. The van der Waals surface area contributed by atoms with Gasteiger partial charge in [0.15, 0.2) is 16.6 Å². The van der Waals surface area contributed by atoms with Gasteiger partial charge in [0.2, 0.25) is 0 Å². The lowest BCUT2D eigenvalue weighted by Crippen LogP contribution is -2.65. The van der Waals surface area contributed by atoms with Crippen molar-refractivity contribution in [3.8, 4) is 0 Å². The summed E-state index contributed by atoms with van der Waals surface area (Å²) >= 11 is 0. The minimum atomic E-state index is -2.98. The largest absolute Gasteiger partial charge is 0.441 e. The highest BCUT2D eigenvalue weighted by Crippen LogP contribution is 2.42. The lowest BCUT2D eigenvalue weighted by atomic mass is 9.88. The minimum Gasteiger partial charge on any atom is -0.441 e. The summed E-state index contributed by atoms with van der Waals surface area (Å²) in [5.74, 6) is 1.58. The van der Waals surface area contributed by atoms with Crippen LogP contribution >= 0.6 is 0 Å². The molecule has 4 fully saturated rings. The van der Waals surface area contributed by atoms with Crippen LogP contribution in [-0.4, -0.2) is 69.6 Å². The third kappa shape index (κ3) is 8.76. The molecule has 6 atom stereocenters. The number of epoxide rings is 2. The van der Waals surface area contributed by atoms with E-state index in [1.54, 1.807) is 0 Å². The molecule has 11 heteroatoms. The van der Waals surface area contributed by atoms with Crippen LogP contribution in [0, 0.1) is 11.8 Å². The van der Waals surface area contributed by atoms with Crippen LogP contribution in [-0.2, 0) is 25.9 Å². The Kier molecular flexibility index (Phi) is 10.5. The Morgan fingerprint density at radius 1 is 0.581 bits per heavy atom. The second kappa shape index (κ2) is 14.0. The van der Waals surface area contributed by atoms with E-state index in [0.717, 1.165) is 22.2 Å². The molecule has 6 rings (SSSR count). The summed E-state index contributed by atoms with van der Waals surface area (Å²) in [7, 11) is -9.24. The molecule has 2 aliphatic heterocycles. The molecule has 2 saturated carbocycles. The predicted molar refractivity (Wildman–Crippen MR) is 185 cm³/mol. The van der Waals surface area contributed by atoms with Gasteiger partial charge in [0.1, 0.15) is 0 Å². The monoisotopic (exact) mass is 672 g/mol. The smallest absolute Gasteiger partial charge is 0.388 e. The molecule has 0 aromatic heterocycles. The molecule has 0 amide bonds. The summed E-state index contributed by atoms with van der Waals surface area (Å²) in [6.07, 6.45) is 12.4. The molecule has 2 aromatic carbocycles. The molecule has 0 radical (unpaired) electrons. The van der Waals surface area contributed by atoms with Gasteiger partial charge < -0.3 is 25.9 Å². The van der Waals surface area contributed by atoms with Crippen molar-refractivity contribution in [2.75, 3.05) is 0 Å². The Morgan fingerprint density at radius 2 is 1.00 bits per heavy atom. The van der Waals surface area contributed by atoms with E-state index in [1.807, 2.05) is 0 Å². The predicted octanol–water partition coefficient (Wildman–Crippen LogP) is 4.63. The Labute approximate surface area is 267 Å². The molecule has 0 spiro atoms. The standard InChI is InChI=1S/C32H52O6Si5/c1-41(2,21-19-25-15-17-29-31(23-25)33-29)35-39-37-43(27-11-7-5-8-12-27,28-13-9-6-10-14-28)38-40-36-42(3,4)22-20-26-16-18-30-32(24-26)34-30/h5-14,25-26,29-32H,15-24,39-40H2,1-4H3. The molecule has 0 N–H and O–H groups in total. The van der Waals surface area contributed by atoms with Gasteiger partial charge in [0.05, 0.1) is 24.4 Å². The molecule has 43 heavy (non-hydrogen) atoms. The fraction of sp³-hybridized carbons (Fsp3) is 0.625. The van der Waals surface area contributed by atoms with Crippen molar-refractivity contribution in [2.45, 2.75) is 114 Å². The molecule has 4 aliphatic rings. The zero-order valence-corrected chi connectivity index (χ0v) is 32.5. The zero-order chi connectivity index (χ0) is 29.9. The molecule has 236 valence electrons. The summed E-state index contributed by atoms with van der Waals surface area (Å²) in [5, 5.41) is 2.30. The first-order chi connectivity index (χ1) is 20.7. The van der Waals surface area contributed by atoms with Gasteiger partial charge in [-0.2, -0.15) is 0 Å². The van der Waals surface area contributed by atoms with Crippen LogP contribution in [0.1, 0.15) is 51.4 Å². The van der Waals surface area contributed by atoms with E-state index in [4.69, 9.17) is 25.9 Å². The van der Waals surface area contributed by atoms with Gasteiger partial charge in [-0.1, -0.05) is 73.5 Å². The second-order valence-electron chi connectivity index (χ2n) is 14.5.